The average Bonchev–Trinajstić information content (AvgIpc) is 2.98. The monoisotopic (exact) mass is 216 g/mol. The molecule has 1 aromatic carbocycles. The van der Waals surface area contributed by atoms with E-state index >= 15 is 0 Å². The Morgan fingerprint density at radius 3 is 2.88 bits per heavy atom. The topological polar surface area (TPSA) is 87.8 Å². The van der Waals surface area contributed by atoms with Gasteiger partial charge in [0.25, 0.3) is 0 Å². The van der Waals surface area contributed by atoms with Crippen LogP contribution in [0.3, 0.4) is 0 Å². The number of nitrogens with two attached hydrogens (primary N) is 1. The maximum absolute atomic E-state index is 9.73. The number of rotatable bonds is 2. The van der Waals surface area contributed by atoms with Gasteiger partial charge in [-0.15, -0.1) is 0 Å². The molecule has 0 spiro atoms. The van der Waals surface area contributed by atoms with Crippen molar-refractivity contribution in [2.75, 3.05) is 5.73 Å². The Bertz CT molecular complexity index is 531. The molecule has 0 atom stereocenters. The zero-order valence-electron chi connectivity index (χ0n) is 8.64. The maximum Gasteiger partial charge on any atom is 0.184 e. The van der Waals surface area contributed by atoms with Gasteiger partial charge < -0.3 is 10.8 Å². The molecule has 82 valence electrons. The molecule has 2 aromatic rings. The van der Waals surface area contributed by atoms with Crippen LogP contribution in [-0.4, -0.2) is 20.3 Å². The minimum Gasteiger partial charge on any atom is -0.507 e. The zero-order chi connectivity index (χ0) is 11.1. The van der Waals surface area contributed by atoms with Gasteiger partial charge in [-0.2, -0.15) is 5.10 Å². The molecule has 5 heteroatoms. The Morgan fingerprint density at radius 2 is 2.19 bits per heavy atom. The molecular weight excluding hydrogens is 204 g/mol. The van der Waals surface area contributed by atoms with Crippen LogP contribution in [0.25, 0.3) is 11.4 Å². The van der Waals surface area contributed by atoms with E-state index in [-0.39, 0.29) is 5.75 Å². The minimum atomic E-state index is 0.112. The van der Waals surface area contributed by atoms with Gasteiger partial charge in [-0.25, -0.2) is 4.98 Å². The lowest BCUT2D eigenvalue weighted by Crippen LogP contribution is -1.87. The third-order valence-electron chi connectivity index (χ3n) is 2.73. The molecule has 1 fully saturated rings. The molecule has 0 aliphatic heterocycles. The van der Waals surface area contributed by atoms with Crippen LogP contribution in [-0.2, 0) is 0 Å². The molecule has 1 aliphatic rings. The number of phenolic OH excluding ortho intramolecular Hbond substituents is 1. The van der Waals surface area contributed by atoms with Crippen molar-refractivity contribution >= 4 is 5.69 Å². The highest BCUT2D eigenvalue weighted by Crippen LogP contribution is 2.39. The quantitative estimate of drug-likeness (QED) is 0.666. The summed E-state index contributed by atoms with van der Waals surface area (Å²) in [4.78, 5) is 4.37. The number of hydrogen-bond donors (Lipinski definition) is 3. The predicted octanol–water partition coefficient (Wildman–Crippen LogP) is 1.64. The van der Waals surface area contributed by atoms with Crippen molar-refractivity contribution in [3.63, 3.8) is 0 Å². The molecule has 0 amide bonds. The molecule has 1 aliphatic carbocycles. The van der Waals surface area contributed by atoms with Crippen LogP contribution in [0.5, 0.6) is 5.75 Å². The second kappa shape index (κ2) is 3.23. The van der Waals surface area contributed by atoms with Gasteiger partial charge in [0.05, 0.1) is 5.56 Å². The Morgan fingerprint density at radius 1 is 1.38 bits per heavy atom. The number of hydrogen-bond acceptors (Lipinski definition) is 4. The molecule has 1 aromatic heterocycles. The van der Waals surface area contributed by atoms with Gasteiger partial charge in [0.1, 0.15) is 11.6 Å². The Balaban J connectivity index is 2.00. The molecule has 1 heterocycles. The number of nitrogen functional groups attached to an aromatic ring is 1. The highest BCUT2D eigenvalue weighted by molar-refractivity contribution is 5.67. The van der Waals surface area contributed by atoms with Crippen molar-refractivity contribution in [3.05, 3.63) is 24.0 Å². The number of nitrogens with one attached hydrogen (secondary N) is 1. The van der Waals surface area contributed by atoms with E-state index in [1.54, 1.807) is 12.1 Å². The van der Waals surface area contributed by atoms with Crippen molar-refractivity contribution in [1.29, 1.82) is 0 Å². The predicted molar refractivity (Wildman–Crippen MR) is 59.9 cm³/mol. The first-order valence-corrected chi connectivity index (χ1v) is 5.25. The van der Waals surface area contributed by atoms with Crippen LogP contribution in [0.1, 0.15) is 24.6 Å². The second-order valence-electron chi connectivity index (χ2n) is 4.10. The van der Waals surface area contributed by atoms with Crippen LogP contribution in [0.2, 0.25) is 0 Å². The summed E-state index contributed by atoms with van der Waals surface area (Å²) in [7, 11) is 0. The fourth-order valence-electron chi connectivity index (χ4n) is 1.67. The van der Waals surface area contributed by atoms with Crippen LogP contribution in [0.4, 0.5) is 5.69 Å². The number of aromatic amines is 1. The summed E-state index contributed by atoms with van der Waals surface area (Å²) < 4.78 is 0. The van der Waals surface area contributed by atoms with Crippen molar-refractivity contribution < 1.29 is 5.11 Å². The molecule has 0 bridgehead atoms. The van der Waals surface area contributed by atoms with Gasteiger partial charge in [-0.3, -0.25) is 5.10 Å². The summed E-state index contributed by atoms with van der Waals surface area (Å²) >= 11 is 0. The molecule has 0 radical (unpaired) electrons. The number of aromatic hydroxyl groups is 1. The SMILES string of the molecule is Nc1ccc(-c2n[nH]c(C3CC3)n2)c(O)c1. The molecule has 0 unspecified atom stereocenters. The van der Waals surface area contributed by atoms with Crippen LogP contribution < -0.4 is 5.73 Å². The molecule has 0 saturated heterocycles. The summed E-state index contributed by atoms with van der Waals surface area (Å²) in [5.74, 6) is 2.07. The molecule has 16 heavy (non-hydrogen) atoms. The highest BCUT2D eigenvalue weighted by atomic mass is 16.3. The first kappa shape index (κ1) is 9.21. The van der Waals surface area contributed by atoms with Crippen molar-refractivity contribution in [2.45, 2.75) is 18.8 Å². The van der Waals surface area contributed by atoms with Gasteiger partial charge in [-0.05, 0) is 25.0 Å². The molecule has 4 N–H and O–H groups in total. The van der Waals surface area contributed by atoms with Gasteiger partial charge in [0, 0.05) is 17.7 Å². The number of aromatic nitrogens is 3. The lowest BCUT2D eigenvalue weighted by Gasteiger charge is -2.00. The van der Waals surface area contributed by atoms with Crippen LogP contribution >= 0.6 is 0 Å². The van der Waals surface area contributed by atoms with Crippen molar-refractivity contribution in [3.8, 4) is 17.1 Å². The summed E-state index contributed by atoms with van der Waals surface area (Å²) in [6.07, 6.45) is 2.34. The van der Waals surface area contributed by atoms with E-state index in [1.165, 1.54) is 18.9 Å². The lowest BCUT2D eigenvalue weighted by molar-refractivity contribution is 0.477. The van der Waals surface area contributed by atoms with E-state index in [0.717, 1.165) is 5.82 Å². The number of H-pyrrole nitrogens is 1. The molecular formula is C11H12N4O. The largest absolute Gasteiger partial charge is 0.507 e. The summed E-state index contributed by atoms with van der Waals surface area (Å²) in [5.41, 5.74) is 6.70. The van der Waals surface area contributed by atoms with Crippen LogP contribution in [0.15, 0.2) is 18.2 Å². The number of benzene rings is 1. The van der Waals surface area contributed by atoms with E-state index in [1.807, 2.05) is 0 Å². The molecule has 5 nitrogen and oxygen atoms in total. The maximum atomic E-state index is 9.73. The van der Waals surface area contributed by atoms with Gasteiger partial charge in [0.15, 0.2) is 5.82 Å². The highest BCUT2D eigenvalue weighted by Gasteiger charge is 2.27. The van der Waals surface area contributed by atoms with Crippen molar-refractivity contribution in [1.82, 2.24) is 15.2 Å². The Labute approximate surface area is 92.3 Å². The number of anilines is 1. The first-order valence-electron chi connectivity index (χ1n) is 5.25. The van der Waals surface area contributed by atoms with E-state index in [4.69, 9.17) is 5.73 Å². The van der Waals surface area contributed by atoms with Gasteiger partial charge in [0.2, 0.25) is 0 Å². The average molecular weight is 216 g/mol. The van der Waals surface area contributed by atoms with Crippen molar-refractivity contribution in [2.24, 2.45) is 0 Å². The van der Waals surface area contributed by atoms with E-state index < -0.39 is 0 Å². The third kappa shape index (κ3) is 1.50. The standard InChI is InChI=1S/C11H12N4O/c12-7-3-4-8(9(16)5-7)11-13-10(14-15-11)6-1-2-6/h3-6,16H,1-2,12H2,(H,13,14,15). The molecule has 1 saturated carbocycles. The summed E-state index contributed by atoms with van der Waals surface area (Å²) in [6, 6.07) is 4.95. The molecule has 3 rings (SSSR count). The summed E-state index contributed by atoms with van der Waals surface area (Å²) in [5, 5.41) is 16.7. The smallest absolute Gasteiger partial charge is 0.184 e. The third-order valence-corrected chi connectivity index (χ3v) is 2.73. The Kier molecular flexibility index (Phi) is 1.86. The lowest BCUT2D eigenvalue weighted by atomic mass is 10.2. The van der Waals surface area contributed by atoms with Gasteiger partial charge >= 0.3 is 0 Å². The van der Waals surface area contributed by atoms with E-state index in [9.17, 15) is 5.11 Å². The number of nitrogens with zero attached hydrogens (tertiary/aromatic N) is 2. The van der Waals surface area contributed by atoms with Gasteiger partial charge in [-0.1, -0.05) is 0 Å². The normalized spacial score (nSPS) is 15.2. The fourth-order valence-corrected chi connectivity index (χ4v) is 1.67. The van der Waals surface area contributed by atoms with E-state index in [0.29, 0.717) is 23.0 Å². The van der Waals surface area contributed by atoms with E-state index in [2.05, 4.69) is 15.2 Å². The fraction of sp³-hybridized carbons (Fsp3) is 0.273. The zero-order valence-corrected chi connectivity index (χ0v) is 8.64. The van der Waals surface area contributed by atoms with Crippen LogP contribution in [0, 0.1) is 0 Å². The first-order chi connectivity index (χ1) is 7.74. The second-order valence-corrected chi connectivity index (χ2v) is 4.10. The number of phenols is 1. The summed E-state index contributed by atoms with van der Waals surface area (Å²) in [6.45, 7) is 0. The minimum absolute atomic E-state index is 0.112. The Hall–Kier alpha value is -2.04.